The zero-order valence-electron chi connectivity index (χ0n) is 9.83. The van der Waals surface area contributed by atoms with Gasteiger partial charge in [-0.3, -0.25) is 0 Å². The van der Waals surface area contributed by atoms with Crippen LogP contribution in [0.15, 0.2) is 18.2 Å². The first-order chi connectivity index (χ1) is 7.51. The Morgan fingerprint density at radius 2 is 1.94 bits per heavy atom. The summed E-state index contributed by atoms with van der Waals surface area (Å²) in [6.45, 7) is 3.54. The lowest BCUT2D eigenvalue weighted by Gasteiger charge is -2.37. The maximum absolute atomic E-state index is 13.7. The molecule has 1 aromatic rings. The van der Waals surface area contributed by atoms with Gasteiger partial charge in [-0.1, -0.05) is 17.7 Å². The van der Waals surface area contributed by atoms with E-state index in [1.54, 1.807) is 12.1 Å². The van der Waals surface area contributed by atoms with Crippen LogP contribution in [0, 0.1) is 12.7 Å². The molecule has 1 fully saturated rings. The number of piperidine rings is 1. The molecule has 1 aromatic carbocycles. The first-order valence-electron chi connectivity index (χ1n) is 5.69. The summed E-state index contributed by atoms with van der Waals surface area (Å²) >= 11 is 0. The van der Waals surface area contributed by atoms with Crippen LogP contribution in [0.25, 0.3) is 0 Å². The van der Waals surface area contributed by atoms with Crippen LogP contribution in [0.3, 0.4) is 0 Å². The summed E-state index contributed by atoms with van der Waals surface area (Å²) in [5.74, 6) is -0.294. The Bertz CT molecular complexity index is 384. The van der Waals surface area contributed by atoms with Crippen LogP contribution in [0.5, 0.6) is 0 Å². The van der Waals surface area contributed by atoms with Crippen LogP contribution in [0.1, 0.15) is 24.0 Å². The molecular weight excluding hydrogens is 205 g/mol. The summed E-state index contributed by atoms with van der Waals surface area (Å²) in [5.41, 5.74) is 0.465. The van der Waals surface area contributed by atoms with Crippen LogP contribution in [0.2, 0.25) is 0 Å². The second kappa shape index (κ2) is 4.15. The Morgan fingerprint density at radius 3 is 2.56 bits per heavy atom. The molecule has 88 valence electrons. The average molecular weight is 223 g/mol. The summed E-state index contributed by atoms with van der Waals surface area (Å²) < 4.78 is 13.7. The molecule has 0 radical (unpaired) electrons. The second-order valence-electron chi connectivity index (χ2n) is 4.82. The fraction of sp³-hybridized carbons (Fsp3) is 0.538. The highest BCUT2D eigenvalue weighted by molar-refractivity contribution is 5.29. The third kappa shape index (κ3) is 2.11. The van der Waals surface area contributed by atoms with Gasteiger partial charge in [-0.25, -0.2) is 4.39 Å². The lowest BCUT2D eigenvalue weighted by molar-refractivity contribution is -0.0230. The number of likely N-dealkylation sites (tertiary alicyclic amines) is 1. The largest absolute Gasteiger partial charge is 0.385 e. The number of benzene rings is 1. The molecule has 0 spiro atoms. The van der Waals surface area contributed by atoms with E-state index in [2.05, 4.69) is 4.90 Å². The lowest BCUT2D eigenvalue weighted by atomic mass is 9.83. The number of rotatable bonds is 1. The molecule has 0 bridgehead atoms. The lowest BCUT2D eigenvalue weighted by Crippen LogP contribution is -2.41. The van der Waals surface area contributed by atoms with E-state index in [9.17, 15) is 9.50 Å². The smallest absolute Gasteiger partial charge is 0.129 e. The Balaban J connectivity index is 2.32. The standard InChI is InChI=1S/C13H18FNO/c1-10-3-4-12(14)11(9-10)13(16)5-7-15(2)8-6-13/h3-4,9,16H,5-8H2,1-2H3. The highest BCUT2D eigenvalue weighted by Gasteiger charge is 2.35. The van der Waals surface area contributed by atoms with Crippen molar-refractivity contribution < 1.29 is 9.50 Å². The summed E-state index contributed by atoms with van der Waals surface area (Å²) in [6, 6.07) is 4.94. The van der Waals surface area contributed by atoms with Crippen molar-refractivity contribution in [2.75, 3.05) is 20.1 Å². The Labute approximate surface area is 95.7 Å². The Morgan fingerprint density at radius 1 is 1.31 bits per heavy atom. The third-order valence-electron chi connectivity index (χ3n) is 3.44. The monoisotopic (exact) mass is 223 g/mol. The van der Waals surface area contributed by atoms with Crippen molar-refractivity contribution >= 4 is 0 Å². The van der Waals surface area contributed by atoms with E-state index >= 15 is 0 Å². The molecular formula is C13H18FNO. The summed E-state index contributed by atoms with van der Waals surface area (Å²) in [5, 5.41) is 10.5. The average Bonchev–Trinajstić information content (AvgIpc) is 2.26. The molecule has 2 rings (SSSR count). The van der Waals surface area contributed by atoms with Crippen molar-refractivity contribution in [1.82, 2.24) is 4.90 Å². The first-order valence-corrected chi connectivity index (χ1v) is 5.69. The SMILES string of the molecule is Cc1ccc(F)c(C2(O)CCN(C)CC2)c1. The van der Waals surface area contributed by atoms with Gasteiger partial charge in [-0.15, -0.1) is 0 Å². The minimum absolute atomic E-state index is 0.294. The van der Waals surface area contributed by atoms with Gasteiger partial charge in [0.15, 0.2) is 0 Å². The van der Waals surface area contributed by atoms with E-state index in [1.165, 1.54) is 6.07 Å². The van der Waals surface area contributed by atoms with Crippen molar-refractivity contribution in [2.24, 2.45) is 0 Å². The summed E-state index contributed by atoms with van der Waals surface area (Å²) in [7, 11) is 2.02. The van der Waals surface area contributed by atoms with Crippen LogP contribution in [-0.2, 0) is 5.60 Å². The molecule has 0 unspecified atom stereocenters. The maximum Gasteiger partial charge on any atom is 0.129 e. The van der Waals surface area contributed by atoms with E-state index in [1.807, 2.05) is 14.0 Å². The van der Waals surface area contributed by atoms with Crippen LogP contribution in [-0.4, -0.2) is 30.1 Å². The minimum atomic E-state index is -0.984. The number of halogens is 1. The molecule has 1 aliphatic rings. The third-order valence-corrected chi connectivity index (χ3v) is 3.44. The quantitative estimate of drug-likeness (QED) is 0.787. The topological polar surface area (TPSA) is 23.5 Å². The van der Waals surface area contributed by atoms with E-state index in [0.29, 0.717) is 18.4 Å². The van der Waals surface area contributed by atoms with E-state index < -0.39 is 5.60 Å². The molecule has 0 amide bonds. The van der Waals surface area contributed by atoms with Crippen LogP contribution in [0.4, 0.5) is 4.39 Å². The van der Waals surface area contributed by atoms with Gasteiger partial charge in [-0.05, 0) is 32.9 Å². The van der Waals surface area contributed by atoms with Gasteiger partial charge in [0.05, 0.1) is 5.60 Å². The number of nitrogens with zero attached hydrogens (tertiary/aromatic N) is 1. The van der Waals surface area contributed by atoms with Crippen LogP contribution < -0.4 is 0 Å². The first kappa shape index (κ1) is 11.6. The van der Waals surface area contributed by atoms with E-state index in [4.69, 9.17) is 0 Å². The van der Waals surface area contributed by atoms with Gasteiger partial charge in [0.2, 0.25) is 0 Å². The number of aryl methyl sites for hydroxylation is 1. The second-order valence-corrected chi connectivity index (χ2v) is 4.82. The number of hydrogen-bond acceptors (Lipinski definition) is 2. The Kier molecular flexibility index (Phi) is 3.00. The fourth-order valence-corrected chi connectivity index (χ4v) is 2.25. The van der Waals surface area contributed by atoms with Gasteiger partial charge >= 0.3 is 0 Å². The van der Waals surface area contributed by atoms with Crippen molar-refractivity contribution in [3.05, 3.63) is 35.1 Å². The maximum atomic E-state index is 13.7. The highest BCUT2D eigenvalue weighted by Crippen LogP contribution is 2.34. The van der Waals surface area contributed by atoms with Gasteiger partial charge in [0, 0.05) is 18.7 Å². The predicted octanol–water partition coefficient (Wildman–Crippen LogP) is 2.05. The molecule has 0 aromatic heterocycles. The molecule has 0 aliphatic carbocycles. The van der Waals surface area contributed by atoms with Gasteiger partial charge in [-0.2, -0.15) is 0 Å². The molecule has 3 heteroatoms. The molecule has 1 heterocycles. The molecule has 0 saturated carbocycles. The zero-order valence-corrected chi connectivity index (χ0v) is 9.83. The van der Waals surface area contributed by atoms with Crippen molar-refractivity contribution in [3.63, 3.8) is 0 Å². The number of aliphatic hydroxyl groups is 1. The van der Waals surface area contributed by atoms with Gasteiger partial charge in [0.25, 0.3) is 0 Å². The van der Waals surface area contributed by atoms with Crippen molar-refractivity contribution in [3.8, 4) is 0 Å². The zero-order chi connectivity index (χ0) is 11.8. The molecule has 2 nitrogen and oxygen atoms in total. The molecule has 16 heavy (non-hydrogen) atoms. The fourth-order valence-electron chi connectivity index (χ4n) is 2.25. The van der Waals surface area contributed by atoms with Gasteiger partial charge in [0.1, 0.15) is 5.82 Å². The molecule has 0 atom stereocenters. The summed E-state index contributed by atoms with van der Waals surface area (Å²) in [6.07, 6.45) is 1.20. The molecule has 1 aliphatic heterocycles. The predicted molar refractivity (Wildman–Crippen MR) is 61.8 cm³/mol. The van der Waals surface area contributed by atoms with E-state index in [0.717, 1.165) is 18.7 Å². The van der Waals surface area contributed by atoms with Crippen LogP contribution >= 0.6 is 0 Å². The van der Waals surface area contributed by atoms with Gasteiger partial charge < -0.3 is 10.0 Å². The molecule has 1 saturated heterocycles. The molecule has 1 N–H and O–H groups in total. The number of hydrogen-bond donors (Lipinski definition) is 1. The normalized spacial score (nSPS) is 21.0. The van der Waals surface area contributed by atoms with Crippen molar-refractivity contribution in [1.29, 1.82) is 0 Å². The van der Waals surface area contributed by atoms with Crippen molar-refractivity contribution in [2.45, 2.75) is 25.4 Å². The Hall–Kier alpha value is -0.930. The highest BCUT2D eigenvalue weighted by atomic mass is 19.1. The minimum Gasteiger partial charge on any atom is -0.385 e. The van der Waals surface area contributed by atoms with E-state index in [-0.39, 0.29) is 5.82 Å². The summed E-state index contributed by atoms with van der Waals surface area (Å²) in [4.78, 5) is 2.15.